The standard InChI is InChI=1S/C24H28ClN3O6/c1-2-33-24-18(13-20(29)34-24)27-22(31)19-11-10-16-8-3-4-9-17(23(32)28(16)19)26-21(30)14-6-5-7-15(25)12-14/h3-7,12,16-19,24H,2,8-11,13H2,1H3,(H,26,30)(H,27,31)/b4-3-/t16-,17+,18?,19+,24?/m1/s1. The van der Waals surface area contributed by atoms with Gasteiger partial charge in [0.25, 0.3) is 5.91 Å². The van der Waals surface area contributed by atoms with Gasteiger partial charge in [-0.25, -0.2) is 0 Å². The first-order valence-electron chi connectivity index (χ1n) is 11.5. The Morgan fingerprint density at radius 3 is 2.74 bits per heavy atom. The average Bonchev–Trinajstić information content (AvgIpc) is 3.37. The summed E-state index contributed by atoms with van der Waals surface area (Å²) in [6, 6.07) is 4.23. The van der Waals surface area contributed by atoms with Crippen LogP contribution in [0.3, 0.4) is 0 Å². The topological polar surface area (TPSA) is 114 Å². The molecule has 3 heterocycles. The zero-order valence-corrected chi connectivity index (χ0v) is 19.6. The average molecular weight is 490 g/mol. The number of halogens is 1. The fourth-order valence-corrected chi connectivity index (χ4v) is 4.90. The van der Waals surface area contributed by atoms with Crippen LogP contribution in [0.4, 0.5) is 0 Å². The third kappa shape index (κ3) is 5.26. The van der Waals surface area contributed by atoms with Gasteiger partial charge >= 0.3 is 5.97 Å². The van der Waals surface area contributed by atoms with E-state index >= 15 is 0 Å². The minimum absolute atomic E-state index is 0.0154. The number of amides is 3. The molecular weight excluding hydrogens is 462 g/mol. The molecule has 5 atom stereocenters. The van der Waals surface area contributed by atoms with E-state index in [0.29, 0.717) is 42.9 Å². The first-order valence-corrected chi connectivity index (χ1v) is 11.9. The molecule has 1 aromatic rings. The normalized spacial score (nSPS) is 29.6. The van der Waals surface area contributed by atoms with Gasteiger partial charge in [-0.05, 0) is 50.8 Å². The molecule has 10 heteroatoms. The number of rotatable bonds is 6. The van der Waals surface area contributed by atoms with Crippen molar-refractivity contribution in [1.82, 2.24) is 15.5 Å². The molecule has 3 aliphatic heterocycles. The molecule has 0 radical (unpaired) electrons. The number of carbonyl (C=O) groups is 4. The summed E-state index contributed by atoms with van der Waals surface area (Å²) >= 11 is 5.99. The number of benzene rings is 1. The summed E-state index contributed by atoms with van der Waals surface area (Å²) in [4.78, 5) is 52.8. The first kappa shape index (κ1) is 24.2. The van der Waals surface area contributed by atoms with Crippen LogP contribution in [0.1, 0.15) is 49.4 Å². The van der Waals surface area contributed by atoms with E-state index < -0.39 is 36.3 Å². The van der Waals surface area contributed by atoms with Gasteiger partial charge in [0.2, 0.25) is 18.1 Å². The molecule has 2 saturated heterocycles. The van der Waals surface area contributed by atoms with Crippen molar-refractivity contribution in [3.8, 4) is 0 Å². The maximum absolute atomic E-state index is 13.6. The predicted octanol–water partition coefficient (Wildman–Crippen LogP) is 1.94. The van der Waals surface area contributed by atoms with E-state index in [1.54, 1.807) is 30.0 Å². The molecule has 4 rings (SSSR count). The fourth-order valence-electron chi connectivity index (χ4n) is 4.71. The minimum Gasteiger partial charge on any atom is -0.433 e. The molecule has 3 amide bonds. The summed E-state index contributed by atoms with van der Waals surface area (Å²) in [5.74, 6) is -1.51. The Kier molecular flexibility index (Phi) is 7.53. The summed E-state index contributed by atoms with van der Waals surface area (Å²) in [7, 11) is 0. The minimum atomic E-state index is -0.839. The molecule has 3 aliphatic rings. The summed E-state index contributed by atoms with van der Waals surface area (Å²) in [5, 5.41) is 6.06. The molecule has 2 unspecified atom stereocenters. The molecule has 1 aromatic carbocycles. The van der Waals surface area contributed by atoms with Gasteiger partial charge in [-0.2, -0.15) is 0 Å². The molecule has 2 N–H and O–H groups in total. The second-order valence-electron chi connectivity index (χ2n) is 8.60. The van der Waals surface area contributed by atoms with E-state index in [2.05, 4.69) is 10.6 Å². The quantitative estimate of drug-likeness (QED) is 0.466. The summed E-state index contributed by atoms with van der Waals surface area (Å²) in [6.07, 6.45) is 5.16. The number of cyclic esters (lactones) is 1. The van der Waals surface area contributed by atoms with Crippen molar-refractivity contribution in [2.45, 2.75) is 69.5 Å². The Balaban J connectivity index is 1.48. The lowest BCUT2D eigenvalue weighted by molar-refractivity contribution is -0.164. The van der Waals surface area contributed by atoms with Crippen molar-refractivity contribution in [3.05, 3.63) is 47.0 Å². The molecule has 0 saturated carbocycles. The molecule has 0 bridgehead atoms. The van der Waals surface area contributed by atoms with E-state index in [-0.39, 0.29) is 24.3 Å². The van der Waals surface area contributed by atoms with Gasteiger partial charge in [0.05, 0.1) is 6.42 Å². The van der Waals surface area contributed by atoms with Crippen LogP contribution in [0.2, 0.25) is 5.02 Å². The molecule has 0 aromatic heterocycles. The Hall–Kier alpha value is -2.91. The highest BCUT2D eigenvalue weighted by Gasteiger charge is 2.45. The Bertz CT molecular complexity index is 999. The lowest BCUT2D eigenvalue weighted by atomic mass is 10.0. The number of hydrogen-bond acceptors (Lipinski definition) is 6. The van der Waals surface area contributed by atoms with Crippen LogP contribution in [0, 0.1) is 0 Å². The summed E-state index contributed by atoms with van der Waals surface area (Å²) in [6.45, 7) is 2.11. The number of carbonyl (C=O) groups excluding carboxylic acids is 4. The highest BCUT2D eigenvalue weighted by molar-refractivity contribution is 6.31. The van der Waals surface area contributed by atoms with Gasteiger partial charge < -0.3 is 25.0 Å². The number of esters is 1. The lowest BCUT2D eigenvalue weighted by Crippen LogP contribution is -2.57. The Morgan fingerprint density at radius 1 is 1.18 bits per heavy atom. The third-order valence-corrected chi connectivity index (χ3v) is 6.55. The van der Waals surface area contributed by atoms with E-state index in [1.165, 1.54) is 6.07 Å². The van der Waals surface area contributed by atoms with Crippen LogP contribution in [-0.2, 0) is 23.9 Å². The van der Waals surface area contributed by atoms with Crippen molar-refractivity contribution in [2.24, 2.45) is 0 Å². The van der Waals surface area contributed by atoms with Gasteiger partial charge in [-0.3, -0.25) is 19.2 Å². The monoisotopic (exact) mass is 489 g/mol. The van der Waals surface area contributed by atoms with Crippen LogP contribution >= 0.6 is 11.6 Å². The Labute approximate surface area is 202 Å². The zero-order chi connectivity index (χ0) is 24.2. The van der Waals surface area contributed by atoms with Crippen LogP contribution < -0.4 is 10.6 Å². The van der Waals surface area contributed by atoms with Crippen molar-refractivity contribution in [3.63, 3.8) is 0 Å². The van der Waals surface area contributed by atoms with Gasteiger partial charge in [-0.15, -0.1) is 0 Å². The van der Waals surface area contributed by atoms with Gasteiger partial charge in [0, 0.05) is 23.2 Å². The summed E-state index contributed by atoms with van der Waals surface area (Å²) in [5.41, 5.74) is 0.353. The van der Waals surface area contributed by atoms with E-state index in [1.807, 2.05) is 12.2 Å². The fraction of sp³-hybridized carbons (Fsp3) is 0.500. The van der Waals surface area contributed by atoms with Crippen LogP contribution in [0.5, 0.6) is 0 Å². The third-order valence-electron chi connectivity index (χ3n) is 6.32. The van der Waals surface area contributed by atoms with Crippen LogP contribution in [-0.4, -0.2) is 65.7 Å². The van der Waals surface area contributed by atoms with E-state index in [0.717, 1.165) is 0 Å². The molecule has 0 spiro atoms. The first-order chi connectivity index (χ1) is 16.4. The molecule has 182 valence electrons. The highest BCUT2D eigenvalue weighted by atomic mass is 35.5. The molecule has 2 fully saturated rings. The van der Waals surface area contributed by atoms with E-state index in [4.69, 9.17) is 21.1 Å². The number of nitrogens with one attached hydrogen (secondary N) is 2. The molecule has 34 heavy (non-hydrogen) atoms. The summed E-state index contributed by atoms with van der Waals surface area (Å²) < 4.78 is 10.6. The Morgan fingerprint density at radius 2 is 1.97 bits per heavy atom. The van der Waals surface area contributed by atoms with E-state index in [9.17, 15) is 19.2 Å². The number of ether oxygens (including phenoxy) is 2. The SMILES string of the molecule is CCOC1OC(=O)CC1NC(=O)[C@@H]1CC[C@H]2C/C=C\C[C@H](NC(=O)c3cccc(Cl)c3)C(=O)N21. The largest absolute Gasteiger partial charge is 0.433 e. The molecule has 0 aliphatic carbocycles. The van der Waals surface area contributed by atoms with Gasteiger partial charge in [0.1, 0.15) is 18.1 Å². The second-order valence-corrected chi connectivity index (χ2v) is 9.04. The second kappa shape index (κ2) is 10.6. The molecule has 9 nitrogen and oxygen atoms in total. The van der Waals surface area contributed by atoms with Crippen LogP contribution in [0.15, 0.2) is 36.4 Å². The smallest absolute Gasteiger partial charge is 0.310 e. The van der Waals surface area contributed by atoms with Crippen LogP contribution in [0.25, 0.3) is 0 Å². The van der Waals surface area contributed by atoms with Gasteiger partial charge in [0.15, 0.2) is 0 Å². The lowest BCUT2D eigenvalue weighted by Gasteiger charge is -2.34. The maximum Gasteiger partial charge on any atom is 0.310 e. The highest BCUT2D eigenvalue weighted by Crippen LogP contribution is 2.30. The van der Waals surface area contributed by atoms with Gasteiger partial charge in [-0.1, -0.05) is 29.8 Å². The predicted molar refractivity (Wildman–Crippen MR) is 123 cm³/mol. The molecular formula is C24H28ClN3O6. The number of nitrogens with zero attached hydrogens (tertiary/aromatic N) is 1. The van der Waals surface area contributed by atoms with Crippen molar-refractivity contribution in [2.75, 3.05) is 6.61 Å². The zero-order valence-electron chi connectivity index (χ0n) is 18.9. The van der Waals surface area contributed by atoms with Crippen molar-refractivity contribution >= 4 is 35.3 Å². The number of fused-ring (bicyclic) bond motifs is 1. The van der Waals surface area contributed by atoms with Crippen molar-refractivity contribution < 1.29 is 28.7 Å². The maximum atomic E-state index is 13.6. The van der Waals surface area contributed by atoms with Crippen molar-refractivity contribution in [1.29, 1.82) is 0 Å². The number of hydrogen-bond donors (Lipinski definition) is 2.